The van der Waals surface area contributed by atoms with E-state index in [1.54, 1.807) is 0 Å². The molecule has 0 aromatic heterocycles. The van der Waals surface area contributed by atoms with Crippen LogP contribution in [0.15, 0.2) is 73.3 Å². The Kier molecular flexibility index (Phi) is 8.21. The molecule has 0 spiro atoms. The van der Waals surface area contributed by atoms with Crippen LogP contribution in [-0.2, 0) is 15.4 Å². The highest BCUT2D eigenvalue weighted by Gasteiger charge is 2.51. The first-order chi connectivity index (χ1) is 15.5. The molecule has 0 radical (unpaired) electrons. The van der Waals surface area contributed by atoms with E-state index in [0.717, 1.165) is 19.4 Å². The lowest BCUT2D eigenvalue weighted by molar-refractivity contribution is 0.272. The maximum absolute atomic E-state index is 12.5. The highest BCUT2D eigenvalue weighted by Crippen LogP contribution is 2.44. The van der Waals surface area contributed by atoms with Gasteiger partial charge in [-0.2, -0.15) is 0 Å². The molecule has 1 aliphatic rings. The Morgan fingerprint density at radius 2 is 1.52 bits per heavy atom. The molecule has 2 aromatic rings. The maximum Gasteiger partial charge on any atom is 0.261 e. The smallest absolute Gasteiger partial charge is 0.261 e. The standard InChI is InChI=1S/C28H41NO2SSi/c1-8-24(29-32(30)27(2,3)4)20-22-19-23(22)21-31-33(28(5,6)7,25-15-11-9-12-16-25)26-17-13-10-14-18-26/h8-18,22-24,29H,1,19-21H2,2-7H3/t22-,23-,24-,32?/m0/s1. The average Bonchev–Trinajstić information content (AvgIpc) is 3.51. The molecular formula is C28H41NO2SSi. The van der Waals surface area contributed by atoms with Crippen LogP contribution in [0.4, 0.5) is 0 Å². The third-order valence-electron chi connectivity index (χ3n) is 6.66. The van der Waals surface area contributed by atoms with Crippen molar-refractivity contribution >= 4 is 29.7 Å². The summed E-state index contributed by atoms with van der Waals surface area (Å²) in [5.74, 6) is 1.12. The quantitative estimate of drug-likeness (QED) is 0.373. The molecule has 1 saturated carbocycles. The lowest BCUT2D eigenvalue weighted by atomic mass is 10.1. The average molecular weight is 484 g/mol. The second kappa shape index (κ2) is 10.4. The van der Waals surface area contributed by atoms with Crippen LogP contribution in [0.3, 0.4) is 0 Å². The molecule has 33 heavy (non-hydrogen) atoms. The third kappa shape index (κ3) is 6.13. The predicted octanol–water partition coefficient (Wildman–Crippen LogP) is 5.20. The first-order valence-corrected chi connectivity index (χ1v) is 15.1. The minimum Gasteiger partial charge on any atom is -0.407 e. The predicted molar refractivity (Wildman–Crippen MR) is 145 cm³/mol. The van der Waals surface area contributed by atoms with Crippen molar-refractivity contribution < 1.29 is 8.63 Å². The Hall–Kier alpha value is -1.53. The van der Waals surface area contributed by atoms with Crippen molar-refractivity contribution in [2.75, 3.05) is 6.61 Å². The van der Waals surface area contributed by atoms with Gasteiger partial charge in [-0.3, -0.25) is 0 Å². The van der Waals surface area contributed by atoms with Crippen molar-refractivity contribution in [1.82, 2.24) is 4.72 Å². The van der Waals surface area contributed by atoms with Gasteiger partial charge in [0.15, 0.2) is 0 Å². The van der Waals surface area contributed by atoms with Crippen molar-refractivity contribution in [3.8, 4) is 0 Å². The summed E-state index contributed by atoms with van der Waals surface area (Å²) in [4.78, 5) is 0. The second-order valence-corrected chi connectivity index (χ2v) is 17.6. The highest BCUT2D eigenvalue weighted by atomic mass is 32.2. The number of nitrogens with one attached hydrogen (secondary N) is 1. The fraction of sp³-hybridized carbons (Fsp3) is 0.500. The molecule has 0 amide bonds. The summed E-state index contributed by atoms with van der Waals surface area (Å²) >= 11 is 0. The topological polar surface area (TPSA) is 38.3 Å². The molecule has 180 valence electrons. The SMILES string of the molecule is C=C[C@@H](C[C@@H]1C[C@H]1CO[Si](c1ccccc1)(c1ccccc1)C(C)(C)C)NS(=O)C(C)(C)C. The van der Waals surface area contributed by atoms with Crippen LogP contribution in [0.25, 0.3) is 0 Å². The number of hydrogen-bond donors (Lipinski definition) is 1. The molecule has 1 aliphatic carbocycles. The lowest BCUT2D eigenvalue weighted by Gasteiger charge is -2.43. The molecule has 2 aromatic carbocycles. The van der Waals surface area contributed by atoms with Crippen molar-refractivity contribution in [2.45, 2.75) is 70.2 Å². The summed E-state index contributed by atoms with van der Waals surface area (Å²) in [6.45, 7) is 17.7. The van der Waals surface area contributed by atoms with E-state index in [-0.39, 0.29) is 15.8 Å². The van der Waals surface area contributed by atoms with Gasteiger partial charge in [0.05, 0.1) is 15.7 Å². The summed E-state index contributed by atoms with van der Waals surface area (Å²) < 4.78 is 22.6. The van der Waals surface area contributed by atoms with Gasteiger partial charge in [-0.25, -0.2) is 8.93 Å². The van der Waals surface area contributed by atoms with Crippen LogP contribution < -0.4 is 15.1 Å². The Morgan fingerprint density at radius 3 is 1.94 bits per heavy atom. The molecule has 1 fully saturated rings. The maximum atomic E-state index is 12.5. The number of rotatable bonds is 10. The van der Waals surface area contributed by atoms with Crippen molar-refractivity contribution in [3.05, 3.63) is 73.3 Å². The van der Waals surface area contributed by atoms with Gasteiger partial charge in [0.2, 0.25) is 0 Å². The van der Waals surface area contributed by atoms with E-state index >= 15 is 0 Å². The molecule has 0 heterocycles. The van der Waals surface area contributed by atoms with Crippen LogP contribution in [-0.4, -0.2) is 29.9 Å². The molecule has 0 aliphatic heterocycles. The minimum absolute atomic E-state index is 0.00505. The van der Waals surface area contributed by atoms with E-state index in [9.17, 15) is 4.21 Å². The summed E-state index contributed by atoms with van der Waals surface area (Å²) in [5, 5.41) is 2.65. The first kappa shape index (κ1) is 26.1. The van der Waals surface area contributed by atoms with E-state index < -0.39 is 19.3 Å². The van der Waals surface area contributed by atoms with Gasteiger partial charge in [-0.1, -0.05) is 87.5 Å². The van der Waals surface area contributed by atoms with Crippen LogP contribution in [0.5, 0.6) is 0 Å². The van der Waals surface area contributed by atoms with E-state index in [2.05, 4.69) is 92.7 Å². The van der Waals surface area contributed by atoms with Gasteiger partial charge in [-0.05, 0) is 60.9 Å². The van der Waals surface area contributed by atoms with Crippen LogP contribution in [0.1, 0.15) is 54.4 Å². The van der Waals surface area contributed by atoms with E-state index in [1.807, 2.05) is 26.8 Å². The summed E-state index contributed by atoms with van der Waals surface area (Å²) in [6.07, 6.45) is 4.02. The molecule has 1 unspecified atom stereocenters. The summed E-state index contributed by atoms with van der Waals surface area (Å²) in [5.41, 5.74) is 0. The Morgan fingerprint density at radius 1 is 1.00 bits per heavy atom. The molecular weight excluding hydrogens is 442 g/mol. The van der Waals surface area contributed by atoms with E-state index in [0.29, 0.717) is 11.8 Å². The van der Waals surface area contributed by atoms with Crippen LogP contribution in [0.2, 0.25) is 5.04 Å². The Balaban J connectivity index is 1.76. The van der Waals surface area contributed by atoms with Crippen molar-refractivity contribution in [3.63, 3.8) is 0 Å². The van der Waals surface area contributed by atoms with Gasteiger partial charge >= 0.3 is 0 Å². The molecule has 1 N–H and O–H groups in total. The van der Waals surface area contributed by atoms with Gasteiger partial charge in [0.25, 0.3) is 8.32 Å². The molecule has 3 nitrogen and oxygen atoms in total. The lowest BCUT2D eigenvalue weighted by Crippen LogP contribution is -2.66. The minimum atomic E-state index is -2.49. The van der Waals surface area contributed by atoms with Crippen LogP contribution in [0, 0.1) is 11.8 Å². The largest absolute Gasteiger partial charge is 0.407 e. The molecule has 4 atom stereocenters. The molecule has 3 rings (SSSR count). The fourth-order valence-electron chi connectivity index (χ4n) is 4.63. The van der Waals surface area contributed by atoms with Crippen molar-refractivity contribution in [1.29, 1.82) is 0 Å². The molecule has 0 saturated heterocycles. The Labute approximate surface area is 204 Å². The number of benzene rings is 2. The zero-order valence-corrected chi connectivity index (χ0v) is 23.0. The molecule has 0 bridgehead atoms. The third-order valence-corrected chi connectivity index (χ3v) is 13.3. The Bertz CT molecular complexity index is 894. The van der Waals surface area contributed by atoms with Gasteiger partial charge in [0.1, 0.15) is 0 Å². The monoisotopic (exact) mass is 483 g/mol. The fourth-order valence-corrected chi connectivity index (χ4v) is 10.1. The van der Waals surface area contributed by atoms with Gasteiger partial charge < -0.3 is 4.43 Å². The number of hydrogen-bond acceptors (Lipinski definition) is 2. The highest BCUT2D eigenvalue weighted by molar-refractivity contribution is 7.84. The second-order valence-electron chi connectivity index (χ2n) is 11.3. The van der Waals surface area contributed by atoms with Gasteiger partial charge in [0, 0.05) is 12.6 Å². The summed E-state index contributed by atoms with van der Waals surface area (Å²) in [7, 11) is -3.58. The molecule has 5 heteroatoms. The first-order valence-electron chi connectivity index (χ1n) is 12.0. The van der Waals surface area contributed by atoms with Gasteiger partial charge in [-0.15, -0.1) is 6.58 Å². The van der Waals surface area contributed by atoms with E-state index in [4.69, 9.17) is 4.43 Å². The summed E-state index contributed by atoms with van der Waals surface area (Å²) in [6, 6.07) is 21.7. The van der Waals surface area contributed by atoms with Crippen molar-refractivity contribution in [2.24, 2.45) is 11.8 Å². The van der Waals surface area contributed by atoms with E-state index in [1.165, 1.54) is 10.4 Å². The normalized spacial score (nSPS) is 20.8. The zero-order valence-electron chi connectivity index (χ0n) is 21.1. The van der Waals surface area contributed by atoms with Crippen LogP contribution >= 0.6 is 0 Å². The zero-order chi connectivity index (χ0) is 24.3.